The molecule has 0 radical (unpaired) electrons. The molecule has 1 rings (SSSR count). The van der Waals surface area contributed by atoms with Crippen LogP contribution in [0.5, 0.6) is 0 Å². The molecule has 0 spiro atoms. The van der Waals surface area contributed by atoms with Crippen molar-refractivity contribution in [3.05, 3.63) is 0 Å². The number of carbonyl (C=O) groups excluding carboxylic acids is 1. The third-order valence-electron chi connectivity index (χ3n) is 4.50. The largest absolute Gasteiger partial charge is 0.393 e. The van der Waals surface area contributed by atoms with Crippen LogP contribution in [0.4, 0.5) is 0 Å². The third-order valence-corrected chi connectivity index (χ3v) is 4.50. The number of unbranched alkanes of at least 4 members (excludes halogenated alkanes) is 4. The number of piperidine rings is 1. The van der Waals surface area contributed by atoms with E-state index in [0.29, 0.717) is 11.9 Å². The van der Waals surface area contributed by atoms with E-state index in [4.69, 9.17) is 0 Å². The minimum Gasteiger partial charge on any atom is -0.393 e. The van der Waals surface area contributed by atoms with E-state index in [1.165, 1.54) is 25.7 Å². The highest BCUT2D eigenvalue weighted by Crippen LogP contribution is 2.23. The average Bonchev–Trinajstić information content (AvgIpc) is 2.46. The minimum absolute atomic E-state index is 0.196. The minimum atomic E-state index is -0.196. The Labute approximate surface area is 124 Å². The molecule has 1 aliphatic heterocycles. The molecule has 1 aliphatic rings. The molecule has 118 valence electrons. The second kappa shape index (κ2) is 10.2. The summed E-state index contributed by atoms with van der Waals surface area (Å²) in [7, 11) is 0. The summed E-state index contributed by atoms with van der Waals surface area (Å²) in [4.78, 5) is 14.2. The molecule has 3 heteroatoms. The zero-order valence-electron chi connectivity index (χ0n) is 13.4. The molecule has 0 aromatic rings. The summed E-state index contributed by atoms with van der Waals surface area (Å²) in [6.45, 7) is 5.17. The van der Waals surface area contributed by atoms with Gasteiger partial charge in [-0.05, 0) is 38.5 Å². The lowest BCUT2D eigenvalue weighted by Gasteiger charge is -2.36. The highest BCUT2D eigenvalue weighted by Gasteiger charge is 2.27. The molecule has 0 aromatic carbocycles. The van der Waals surface area contributed by atoms with E-state index in [-0.39, 0.29) is 6.10 Å². The molecule has 0 saturated carbocycles. The summed E-state index contributed by atoms with van der Waals surface area (Å²) in [6, 6.07) is 0.378. The first kappa shape index (κ1) is 17.5. The van der Waals surface area contributed by atoms with Crippen molar-refractivity contribution in [2.45, 2.75) is 96.6 Å². The zero-order chi connectivity index (χ0) is 14.8. The van der Waals surface area contributed by atoms with Gasteiger partial charge < -0.3 is 10.0 Å². The smallest absolute Gasteiger partial charge is 0.222 e. The van der Waals surface area contributed by atoms with Crippen molar-refractivity contribution >= 4 is 5.91 Å². The number of carbonyl (C=O) groups is 1. The second-order valence-electron chi connectivity index (χ2n) is 6.19. The van der Waals surface area contributed by atoms with Crippen molar-refractivity contribution in [3.63, 3.8) is 0 Å². The fraction of sp³-hybridized carbons (Fsp3) is 0.941. The van der Waals surface area contributed by atoms with Crippen molar-refractivity contribution in [1.29, 1.82) is 0 Å². The molecule has 0 aliphatic carbocycles. The maximum atomic E-state index is 12.1. The van der Waals surface area contributed by atoms with E-state index in [1.807, 2.05) is 6.92 Å². The zero-order valence-corrected chi connectivity index (χ0v) is 13.4. The summed E-state index contributed by atoms with van der Waals surface area (Å²) in [5, 5.41) is 9.71. The van der Waals surface area contributed by atoms with E-state index >= 15 is 0 Å². The Morgan fingerprint density at radius 1 is 1.25 bits per heavy atom. The van der Waals surface area contributed by atoms with Crippen LogP contribution in [0.25, 0.3) is 0 Å². The van der Waals surface area contributed by atoms with E-state index in [2.05, 4.69) is 11.8 Å². The van der Waals surface area contributed by atoms with Gasteiger partial charge in [-0.25, -0.2) is 0 Å². The van der Waals surface area contributed by atoms with Gasteiger partial charge in [0.05, 0.1) is 6.10 Å². The first-order chi connectivity index (χ1) is 9.69. The molecule has 1 N–H and O–H groups in total. The van der Waals surface area contributed by atoms with Crippen LogP contribution in [0.2, 0.25) is 0 Å². The quantitative estimate of drug-likeness (QED) is 0.618. The molecule has 1 amide bonds. The Kier molecular flexibility index (Phi) is 8.92. The van der Waals surface area contributed by atoms with Crippen molar-refractivity contribution in [1.82, 2.24) is 4.90 Å². The van der Waals surface area contributed by atoms with Gasteiger partial charge in [-0.2, -0.15) is 0 Å². The highest BCUT2D eigenvalue weighted by molar-refractivity contribution is 5.77. The van der Waals surface area contributed by atoms with Crippen LogP contribution in [0.15, 0.2) is 0 Å². The molecule has 3 nitrogen and oxygen atoms in total. The standard InChI is InChI=1S/C17H33NO2/c1-3-5-6-7-8-14-18-15(10-9-11-17(18)20)12-13-16(19)4-2/h15-16,19H,3-14H2,1-2H3/t15-,16?/m1/s1. The number of hydrogen-bond donors (Lipinski definition) is 1. The van der Waals surface area contributed by atoms with Gasteiger partial charge in [-0.15, -0.1) is 0 Å². The lowest BCUT2D eigenvalue weighted by atomic mass is 9.95. The van der Waals surface area contributed by atoms with Crippen LogP contribution in [0.1, 0.15) is 84.5 Å². The number of nitrogens with zero attached hydrogens (tertiary/aromatic N) is 1. The molecule has 2 atom stereocenters. The maximum Gasteiger partial charge on any atom is 0.222 e. The normalized spacial score (nSPS) is 21.2. The number of hydrogen-bond acceptors (Lipinski definition) is 2. The summed E-state index contributed by atoms with van der Waals surface area (Å²) < 4.78 is 0. The van der Waals surface area contributed by atoms with Gasteiger partial charge in [0.25, 0.3) is 0 Å². The van der Waals surface area contributed by atoms with Crippen molar-refractivity contribution in [2.24, 2.45) is 0 Å². The summed E-state index contributed by atoms with van der Waals surface area (Å²) >= 11 is 0. The van der Waals surface area contributed by atoms with Crippen LogP contribution < -0.4 is 0 Å². The Balaban J connectivity index is 2.34. The van der Waals surface area contributed by atoms with E-state index in [1.54, 1.807) is 0 Å². The highest BCUT2D eigenvalue weighted by atomic mass is 16.3. The van der Waals surface area contributed by atoms with E-state index < -0.39 is 0 Å². The van der Waals surface area contributed by atoms with Gasteiger partial charge in [-0.3, -0.25) is 4.79 Å². The number of amides is 1. The molecule has 1 unspecified atom stereocenters. The lowest BCUT2D eigenvalue weighted by molar-refractivity contribution is -0.136. The van der Waals surface area contributed by atoms with Crippen LogP contribution in [-0.4, -0.2) is 34.6 Å². The van der Waals surface area contributed by atoms with Gasteiger partial charge in [0, 0.05) is 19.0 Å². The van der Waals surface area contributed by atoms with Crippen LogP contribution in [0, 0.1) is 0 Å². The molecular weight excluding hydrogens is 250 g/mol. The summed E-state index contributed by atoms with van der Waals surface area (Å²) in [6.07, 6.45) is 11.5. The van der Waals surface area contributed by atoms with E-state index in [9.17, 15) is 9.90 Å². The third kappa shape index (κ3) is 6.25. The predicted octanol–water partition coefficient (Wildman–Crippen LogP) is 3.89. The van der Waals surface area contributed by atoms with Crippen LogP contribution in [0.3, 0.4) is 0 Å². The molecule has 1 heterocycles. The Bertz CT molecular complexity index is 268. The number of rotatable bonds is 10. The van der Waals surface area contributed by atoms with Gasteiger partial charge in [-0.1, -0.05) is 39.5 Å². The monoisotopic (exact) mass is 283 g/mol. The Hall–Kier alpha value is -0.570. The van der Waals surface area contributed by atoms with E-state index in [0.717, 1.165) is 51.5 Å². The second-order valence-corrected chi connectivity index (χ2v) is 6.19. The average molecular weight is 283 g/mol. The number of aliphatic hydroxyl groups is 1. The fourth-order valence-electron chi connectivity index (χ4n) is 3.07. The SMILES string of the molecule is CCCCCCCN1C(=O)CCC[C@@H]1CCC(O)CC. The van der Waals surface area contributed by atoms with Crippen LogP contribution in [-0.2, 0) is 4.79 Å². The van der Waals surface area contributed by atoms with Gasteiger partial charge in [0.2, 0.25) is 5.91 Å². The molecule has 1 saturated heterocycles. The van der Waals surface area contributed by atoms with Crippen molar-refractivity contribution in [3.8, 4) is 0 Å². The molecule has 0 aromatic heterocycles. The number of likely N-dealkylation sites (tertiary alicyclic amines) is 1. The Morgan fingerprint density at radius 3 is 2.70 bits per heavy atom. The summed E-state index contributed by atoms with van der Waals surface area (Å²) in [5.41, 5.74) is 0. The van der Waals surface area contributed by atoms with Gasteiger partial charge in [0.1, 0.15) is 0 Å². The van der Waals surface area contributed by atoms with Crippen molar-refractivity contribution in [2.75, 3.05) is 6.54 Å². The number of aliphatic hydroxyl groups excluding tert-OH is 1. The van der Waals surface area contributed by atoms with Gasteiger partial charge >= 0.3 is 0 Å². The summed E-state index contributed by atoms with van der Waals surface area (Å²) in [5.74, 6) is 0.336. The predicted molar refractivity (Wildman–Crippen MR) is 83.6 cm³/mol. The molecule has 20 heavy (non-hydrogen) atoms. The first-order valence-electron chi connectivity index (χ1n) is 8.66. The topological polar surface area (TPSA) is 40.5 Å². The molecular formula is C17H33NO2. The molecule has 1 fully saturated rings. The lowest BCUT2D eigenvalue weighted by Crippen LogP contribution is -2.44. The van der Waals surface area contributed by atoms with Gasteiger partial charge in [0.15, 0.2) is 0 Å². The Morgan fingerprint density at radius 2 is 2.00 bits per heavy atom. The maximum absolute atomic E-state index is 12.1. The van der Waals surface area contributed by atoms with Crippen LogP contribution >= 0.6 is 0 Å². The van der Waals surface area contributed by atoms with Crippen molar-refractivity contribution < 1.29 is 9.90 Å². The fourth-order valence-corrected chi connectivity index (χ4v) is 3.07. The molecule has 0 bridgehead atoms. The first-order valence-corrected chi connectivity index (χ1v) is 8.66.